The van der Waals surface area contributed by atoms with Gasteiger partial charge in [-0.05, 0) is 18.6 Å². The number of nitrogens with zero attached hydrogens (tertiary/aromatic N) is 1. The topological polar surface area (TPSA) is 51.2 Å². The molecule has 1 saturated heterocycles. The van der Waals surface area contributed by atoms with Gasteiger partial charge in [0.05, 0.1) is 7.11 Å². The number of hydrogen-bond donors (Lipinski definition) is 1. The molecule has 0 spiro atoms. The van der Waals surface area contributed by atoms with Crippen LogP contribution < -0.4 is 5.32 Å². The van der Waals surface area contributed by atoms with Crippen LogP contribution in [0, 0.1) is 0 Å². The molecule has 1 aromatic heterocycles. The highest BCUT2D eigenvalue weighted by molar-refractivity contribution is 5.76. The van der Waals surface area contributed by atoms with Gasteiger partial charge in [-0.15, -0.1) is 0 Å². The Bertz CT molecular complexity index is 340. The van der Waals surface area contributed by atoms with Gasteiger partial charge in [0.15, 0.2) is 0 Å². The average molecular weight is 206 g/mol. The zero-order chi connectivity index (χ0) is 10.7. The molecule has 2 heterocycles. The summed E-state index contributed by atoms with van der Waals surface area (Å²) in [4.78, 5) is 15.6. The maximum Gasteiger partial charge on any atom is 0.322 e. The summed E-state index contributed by atoms with van der Waals surface area (Å²) < 4.78 is 4.70. The number of carbonyl (C=O) groups is 1. The van der Waals surface area contributed by atoms with Gasteiger partial charge in [0.2, 0.25) is 0 Å². The molecule has 1 aliphatic heterocycles. The van der Waals surface area contributed by atoms with Gasteiger partial charge < -0.3 is 10.1 Å². The van der Waals surface area contributed by atoms with E-state index in [9.17, 15) is 4.79 Å². The molecule has 2 atom stereocenters. The molecule has 4 heteroatoms. The Morgan fingerprint density at radius 1 is 1.60 bits per heavy atom. The third kappa shape index (κ3) is 2.15. The van der Waals surface area contributed by atoms with Crippen molar-refractivity contribution in [2.75, 3.05) is 13.7 Å². The Balaban J connectivity index is 2.02. The van der Waals surface area contributed by atoms with Gasteiger partial charge in [-0.1, -0.05) is 6.07 Å². The minimum atomic E-state index is -0.187. The molecule has 0 saturated carbocycles. The largest absolute Gasteiger partial charge is 0.468 e. The monoisotopic (exact) mass is 206 g/mol. The first kappa shape index (κ1) is 10.1. The van der Waals surface area contributed by atoms with Crippen LogP contribution in [0.15, 0.2) is 24.4 Å². The highest BCUT2D eigenvalue weighted by atomic mass is 16.5. The number of nitrogens with one attached hydrogen (secondary N) is 1. The molecular weight excluding hydrogens is 192 g/mol. The van der Waals surface area contributed by atoms with Crippen LogP contribution in [0.5, 0.6) is 0 Å². The molecule has 1 N–H and O–H groups in total. The Morgan fingerprint density at radius 2 is 2.47 bits per heavy atom. The fraction of sp³-hybridized carbons (Fsp3) is 0.455. The number of carbonyl (C=O) groups excluding carboxylic acids is 1. The van der Waals surface area contributed by atoms with Crippen molar-refractivity contribution in [2.24, 2.45) is 0 Å². The van der Waals surface area contributed by atoms with Crippen molar-refractivity contribution in [3.63, 3.8) is 0 Å². The van der Waals surface area contributed by atoms with Crippen molar-refractivity contribution in [1.82, 2.24) is 10.3 Å². The molecule has 0 amide bonds. The normalized spacial score (nSPS) is 25.1. The van der Waals surface area contributed by atoms with Crippen molar-refractivity contribution in [1.29, 1.82) is 0 Å². The molecule has 80 valence electrons. The van der Waals surface area contributed by atoms with E-state index in [2.05, 4.69) is 10.3 Å². The third-order valence-corrected chi connectivity index (χ3v) is 2.72. The first-order valence-electron chi connectivity index (χ1n) is 5.03. The van der Waals surface area contributed by atoms with E-state index in [4.69, 9.17) is 4.74 Å². The van der Waals surface area contributed by atoms with Crippen molar-refractivity contribution in [3.05, 3.63) is 30.1 Å². The maximum atomic E-state index is 11.3. The van der Waals surface area contributed by atoms with Crippen LogP contribution in [0.4, 0.5) is 0 Å². The lowest BCUT2D eigenvalue weighted by Gasteiger charge is -2.07. The molecule has 1 aromatic rings. The summed E-state index contributed by atoms with van der Waals surface area (Å²) >= 11 is 0. The highest BCUT2D eigenvalue weighted by Gasteiger charge is 2.31. The maximum absolute atomic E-state index is 11.3. The smallest absolute Gasteiger partial charge is 0.322 e. The fourth-order valence-electron chi connectivity index (χ4n) is 1.90. The number of methoxy groups -OCH3 is 1. The second-order valence-electron chi connectivity index (χ2n) is 3.67. The Labute approximate surface area is 88.7 Å². The molecule has 2 rings (SSSR count). The molecule has 0 radical (unpaired) electrons. The first-order valence-corrected chi connectivity index (χ1v) is 5.03. The molecule has 2 unspecified atom stereocenters. The zero-order valence-electron chi connectivity index (χ0n) is 8.64. The fourth-order valence-corrected chi connectivity index (χ4v) is 1.90. The van der Waals surface area contributed by atoms with Crippen LogP contribution in [0.3, 0.4) is 0 Å². The predicted molar refractivity (Wildman–Crippen MR) is 55.4 cm³/mol. The number of aromatic nitrogens is 1. The Kier molecular flexibility index (Phi) is 2.97. The van der Waals surface area contributed by atoms with E-state index in [1.54, 1.807) is 6.20 Å². The molecule has 4 nitrogen and oxygen atoms in total. The van der Waals surface area contributed by atoms with E-state index < -0.39 is 0 Å². The second kappa shape index (κ2) is 4.40. The summed E-state index contributed by atoms with van der Waals surface area (Å²) in [6.07, 6.45) is 2.55. The molecule has 0 aliphatic carbocycles. The molecule has 0 bridgehead atoms. The SMILES string of the molecule is COC(=O)C1CC(c2ccccn2)CN1. The van der Waals surface area contributed by atoms with Crippen LogP contribution in [-0.4, -0.2) is 30.6 Å². The lowest BCUT2D eigenvalue weighted by molar-refractivity contribution is -0.142. The standard InChI is InChI=1S/C11H14N2O2/c1-15-11(14)10-6-8(7-13-10)9-4-2-3-5-12-9/h2-5,8,10,13H,6-7H2,1H3. The average Bonchev–Trinajstić information content (AvgIpc) is 2.78. The Morgan fingerprint density at radius 3 is 3.13 bits per heavy atom. The lowest BCUT2D eigenvalue weighted by atomic mass is 10.0. The summed E-state index contributed by atoms with van der Waals surface area (Å²) in [6.45, 7) is 0.788. The van der Waals surface area contributed by atoms with Crippen molar-refractivity contribution >= 4 is 5.97 Å². The lowest BCUT2D eigenvalue weighted by Crippen LogP contribution is -2.31. The number of ether oxygens (including phenoxy) is 1. The Hall–Kier alpha value is -1.42. The number of rotatable bonds is 2. The van der Waals surface area contributed by atoms with Gasteiger partial charge in [-0.3, -0.25) is 9.78 Å². The molecule has 0 aromatic carbocycles. The van der Waals surface area contributed by atoms with E-state index in [1.807, 2.05) is 18.2 Å². The minimum absolute atomic E-state index is 0.179. The summed E-state index contributed by atoms with van der Waals surface area (Å²) in [5.74, 6) is 0.128. The van der Waals surface area contributed by atoms with Gasteiger partial charge in [0, 0.05) is 24.4 Å². The number of esters is 1. The van der Waals surface area contributed by atoms with Crippen LogP contribution in [0.2, 0.25) is 0 Å². The summed E-state index contributed by atoms with van der Waals surface area (Å²) in [7, 11) is 1.41. The van der Waals surface area contributed by atoms with Crippen molar-refractivity contribution in [2.45, 2.75) is 18.4 Å². The number of pyridine rings is 1. The quantitative estimate of drug-likeness (QED) is 0.724. The first-order chi connectivity index (χ1) is 7.31. The van der Waals surface area contributed by atoms with Crippen LogP contribution >= 0.6 is 0 Å². The van der Waals surface area contributed by atoms with Crippen molar-refractivity contribution in [3.8, 4) is 0 Å². The van der Waals surface area contributed by atoms with Gasteiger partial charge in [0.1, 0.15) is 6.04 Å². The van der Waals surface area contributed by atoms with E-state index in [0.29, 0.717) is 5.92 Å². The molecular formula is C11H14N2O2. The van der Waals surface area contributed by atoms with E-state index in [-0.39, 0.29) is 12.0 Å². The van der Waals surface area contributed by atoms with Gasteiger partial charge in [-0.2, -0.15) is 0 Å². The number of hydrogen-bond acceptors (Lipinski definition) is 4. The summed E-state index contributed by atoms with van der Waals surface area (Å²) in [5, 5.41) is 3.14. The molecule has 1 aliphatic rings. The van der Waals surface area contributed by atoms with Crippen LogP contribution in [-0.2, 0) is 9.53 Å². The van der Waals surface area contributed by atoms with E-state index in [0.717, 1.165) is 18.7 Å². The zero-order valence-corrected chi connectivity index (χ0v) is 8.64. The van der Waals surface area contributed by atoms with Gasteiger partial charge >= 0.3 is 5.97 Å². The van der Waals surface area contributed by atoms with Crippen molar-refractivity contribution < 1.29 is 9.53 Å². The molecule has 1 fully saturated rings. The van der Waals surface area contributed by atoms with E-state index in [1.165, 1.54) is 7.11 Å². The van der Waals surface area contributed by atoms with E-state index >= 15 is 0 Å². The van der Waals surface area contributed by atoms with Crippen LogP contribution in [0.25, 0.3) is 0 Å². The summed E-state index contributed by atoms with van der Waals surface area (Å²) in [6, 6.07) is 5.67. The predicted octanol–water partition coefficient (Wildman–Crippen LogP) is 0.700. The minimum Gasteiger partial charge on any atom is -0.468 e. The third-order valence-electron chi connectivity index (χ3n) is 2.72. The van der Waals surface area contributed by atoms with Gasteiger partial charge in [-0.25, -0.2) is 0 Å². The van der Waals surface area contributed by atoms with Crippen LogP contribution in [0.1, 0.15) is 18.0 Å². The summed E-state index contributed by atoms with van der Waals surface area (Å²) in [5.41, 5.74) is 1.04. The molecule has 15 heavy (non-hydrogen) atoms. The van der Waals surface area contributed by atoms with Gasteiger partial charge in [0.25, 0.3) is 0 Å². The second-order valence-corrected chi connectivity index (χ2v) is 3.67. The highest BCUT2D eigenvalue weighted by Crippen LogP contribution is 2.24.